The van der Waals surface area contributed by atoms with Gasteiger partial charge in [-0.15, -0.1) is 0 Å². The van der Waals surface area contributed by atoms with Crippen LogP contribution in [0.1, 0.15) is 5.56 Å². The van der Waals surface area contributed by atoms with Gasteiger partial charge < -0.3 is 0 Å². The van der Waals surface area contributed by atoms with E-state index in [4.69, 9.17) is 0 Å². The normalized spacial score (nSPS) is 10.7. The molecule has 0 amide bonds. The van der Waals surface area contributed by atoms with Crippen molar-refractivity contribution in [2.75, 3.05) is 0 Å². The van der Waals surface area contributed by atoms with Crippen LogP contribution in [0, 0.1) is 0 Å². The Hall–Kier alpha value is -3.17. The molecule has 0 atom stereocenters. The number of hydrogen-bond donors (Lipinski definition) is 0. The highest BCUT2D eigenvalue weighted by atomic mass is 31.2. The molecule has 0 aliphatic heterocycles. The molecule has 4 aromatic carbocycles. The summed E-state index contributed by atoms with van der Waals surface area (Å²) in [6, 6.07) is 42.9. The summed E-state index contributed by atoms with van der Waals surface area (Å²) in [5.41, 5.74) is 4.70. The van der Waals surface area contributed by atoms with Gasteiger partial charge in [0.25, 0.3) is 0 Å². The zero-order valence-corrected chi connectivity index (χ0v) is 16.5. The lowest BCUT2D eigenvalue weighted by Crippen LogP contribution is -2.29. The van der Waals surface area contributed by atoms with Crippen LogP contribution in [0.25, 0.3) is 6.08 Å². The van der Waals surface area contributed by atoms with E-state index in [1.807, 2.05) is 6.07 Å². The number of hydrogen-bond acceptors (Lipinski definition) is 0. The molecule has 0 aromatic heterocycles. The van der Waals surface area contributed by atoms with Crippen LogP contribution in [0.3, 0.4) is 0 Å². The van der Waals surface area contributed by atoms with E-state index in [0.717, 1.165) is 5.56 Å². The molecule has 1 heteroatoms. The van der Waals surface area contributed by atoms with Gasteiger partial charge in [0, 0.05) is 0 Å². The van der Waals surface area contributed by atoms with Gasteiger partial charge in [-0.25, -0.2) is 0 Å². The fourth-order valence-corrected chi connectivity index (χ4v) is 7.02. The van der Waals surface area contributed by atoms with E-state index < -0.39 is 7.26 Å². The molecule has 4 rings (SSSR count). The molecule has 0 nitrogen and oxygen atoms in total. The quantitative estimate of drug-likeness (QED) is 0.304. The predicted octanol–water partition coefficient (Wildman–Crippen LogP) is 5.81. The summed E-state index contributed by atoms with van der Waals surface area (Å²) in [6.45, 7) is 0. The molecular formula is C27H22P+. The maximum Gasteiger partial charge on any atom is 0.144 e. The molecule has 0 aliphatic carbocycles. The van der Waals surface area contributed by atoms with Gasteiger partial charge in [-0.3, -0.25) is 0 Å². The van der Waals surface area contributed by atoms with E-state index in [-0.39, 0.29) is 0 Å². The Kier molecular flexibility index (Phi) is 5.64. The molecule has 4 aromatic rings. The summed E-state index contributed by atoms with van der Waals surface area (Å²) in [5.74, 6) is 2.31. The van der Waals surface area contributed by atoms with Gasteiger partial charge in [0.15, 0.2) is 0 Å². The highest BCUT2D eigenvalue weighted by Gasteiger charge is 2.43. The van der Waals surface area contributed by atoms with Crippen molar-refractivity contribution in [1.82, 2.24) is 0 Å². The van der Waals surface area contributed by atoms with E-state index in [9.17, 15) is 0 Å². The van der Waals surface area contributed by atoms with Crippen molar-refractivity contribution in [2.45, 2.75) is 0 Å². The van der Waals surface area contributed by atoms with Crippen molar-refractivity contribution in [3.63, 3.8) is 0 Å². The molecule has 0 aliphatic rings. The van der Waals surface area contributed by atoms with Crippen LogP contribution in [0.5, 0.6) is 0 Å². The van der Waals surface area contributed by atoms with Crippen LogP contribution in [-0.2, 0) is 0 Å². The van der Waals surface area contributed by atoms with E-state index in [1.54, 1.807) is 0 Å². The summed E-state index contributed by atoms with van der Waals surface area (Å²) in [5, 5.41) is 4.00. The van der Waals surface area contributed by atoms with Crippen molar-refractivity contribution in [1.29, 1.82) is 0 Å². The van der Waals surface area contributed by atoms with Crippen molar-refractivity contribution in [2.24, 2.45) is 0 Å². The SMILES string of the molecule is C(=Cc1ccccc1)=C[P+](c1ccccc1)(c1ccccc1)c1ccccc1. The van der Waals surface area contributed by atoms with E-state index in [1.165, 1.54) is 15.9 Å². The lowest BCUT2D eigenvalue weighted by molar-refractivity contribution is 1.66. The van der Waals surface area contributed by atoms with Gasteiger partial charge in [-0.2, -0.15) is 0 Å². The Morgan fingerprint density at radius 2 is 0.821 bits per heavy atom. The molecule has 0 N–H and O–H groups in total. The second-order valence-corrected chi connectivity index (χ2v) is 9.83. The van der Waals surface area contributed by atoms with E-state index >= 15 is 0 Å². The molecule has 0 heterocycles. The summed E-state index contributed by atoms with van der Waals surface area (Å²) in [7, 11) is -1.96. The van der Waals surface area contributed by atoms with Gasteiger partial charge in [0.1, 0.15) is 29.0 Å². The summed E-state index contributed by atoms with van der Waals surface area (Å²) < 4.78 is 0. The second kappa shape index (κ2) is 8.68. The third-order valence-electron chi connectivity index (χ3n) is 4.81. The fourth-order valence-electron chi connectivity index (χ4n) is 3.45. The third-order valence-corrected chi connectivity index (χ3v) is 8.68. The summed E-state index contributed by atoms with van der Waals surface area (Å²) in [6.07, 6.45) is 2.07. The highest BCUT2D eigenvalue weighted by Crippen LogP contribution is 2.56. The molecule has 28 heavy (non-hydrogen) atoms. The van der Waals surface area contributed by atoms with Crippen LogP contribution in [0.4, 0.5) is 0 Å². The first-order valence-electron chi connectivity index (χ1n) is 9.44. The predicted molar refractivity (Wildman–Crippen MR) is 124 cm³/mol. The maximum atomic E-state index is 3.54. The minimum Gasteiger partial charge on any atom is -0.0812 e. The Labute approximate surface area is 167 Å². The van der Waals surface area contributed by atoms with Gasteiger partial charge >= 0.3 is 0 Å². The first-order valence-corrected chi connectivity index (χ1v) is 11.3. The number of rotatable bonds is 5. The van der Waals surface area contributed by atoms with Crippen molar-refractivity contribution in [3.05, 3.63) is 138 Å². The third kappa shape index (κ3) is 3.75. The second-order valence-electron chi connectivity index (χ2n) is 6.58. The first-order chi connectivity index (χ1) is 13.9. The van der Waals surface area contributed by atoms with E-state index in [0.29, 0.717) is 0 Å². The van der Waals surface area contributed by atoms with Gasteiger partial charge in [0.05, 0.1) is 0 Å². The minimum absolute atomic E-state index is 1.16. The Bertz CT molecular complexity index is 966. The zero-order valence-electron chi connectivity index (χ0n) is 15.6. The topological polar surface area (TPSA) is 0 Å². The number of benzene rings is 4. The van der Waals surface area contributed by atoms with Crippen molar-refractivity contribution in [3.8, 4) is 0 Å². The van der Waals surface area contributed by atoms with Crippen molar-refractivity contribution >= 4 is 29.3 Å². The minimum atomic E-state index is -1.96. The summed E-state index contributed by atoms with van der Waals surface area (Å²) in [4.78, 5) is 0. The molecule has 0 bridgehead atoms. The fraction of sp³-hybridized carbons (Fsp3) is 0. The Morgan fingerprint density at radius 1 is 0.464 bits per heavy atom. The highest BCUT2D eigenvalue weighted by molar-refractivity contribution is 7.98. The average Bonchev–Trinajstić information content (AvgIpc) is 2.79. The lowest BCUT2D eigenvalue weighted by atomic mass is 10.2. The lowest BCUT2D eigenvalue weighted by Gasteiger charge is -2.23. The van der Waals surface area contributed by atoms with Gasteiger partial charge in [-0.1, -0.05) is 90.7 Å². The van der Waals surface area contributed by atoms with Crippen LogP contribution in [0.2, 0.25) is 0 Å². The Morgan fingerprint density at radius 3 is 1.21 bits per heavy atom. The van der Waals surface area contributed by atoms with Crippen LogP contribution in [0.15, 0.2) is 133 Å². The standard InChI is InChI=1S/C27H22P/c1-5-14-24(15-6-1)16-13-23-28(25-17-7-2-8-18-25,26-19-9-3-10-20-26)27-21-11-4-12-22-27/h1-12,14-23H/q+1. The average molecular weight is 377 g/mol. The van der Waals surface area contributed by atoms with E-state index in [2.05, 4.69) is 133 Å². The molecule has 0 radical (unpaired) electrons. The van der Waals surface area contributed by atoms with Crippen LogP contribution >= 0.6 is 7.26 Å². The monoisotopic (exact) mass is 377 g/mol. The van der Waals surface area contributed by atoms with Crippen LogP contribution in [-0.4, -0.2) is 0 Å². The maximum absolute atomic E-state index is 3.54. The Balaban J connectivity index is 1.97. The first kappa shape index (κ1) is 18.2. The largest absolute Gasteiger partial charge is 0.144 e. The molecule has 0 saturated heterocycles. The molecule has 134 valence electrons. The molecule has 0 fully saturated rings. The van der Waals surface area contributed by atoms with Crippen LogP contribution < -0.4 is 15.9 Å². The zero-order chi connectivity index (χ0) is 19.1. The molecule has 0 saturated carbocycles. The summed E-state index contributed by atoms with van der Waals surface area (Å²) >= 11 is 0. The smallest absolute Gasteiger partial charge is 0.0812 e. The van der Waals surface area contributed by atoms with Crippen molar-refractivity contribution < 1.29 is 0 Å². The van der Waals surface area contributed by atoms with Gasteiger partial charge in [-0.05, 0) is 48.0 Å². The molecular weight excluding hydrogens is 355 g/mol. The molecule has 0 spiro atoms. The molecule has 0 unspecified atom stereocenters. The van der Waals surface area contributed by atoms with Gasteiger partial charge in [0.2, 0.25) is 0 Å².